The highest BCUT2D eigenvalue weighted by Gasteiger charge is 2.12. The number of hydrogen-bond donors (Lipinski definition) is 2. The van der Waals surface area contributed by atoms with Crippen molar-refractivity contribution in [2.75, 3.05) is 0 Å². The van der Waals surface area contributed by atoms with Crippen LogP contribution in [0, 0.1) is 5.82 Å². The zero-order valence-electron chi connectivity index (χ0n) is 11.2. The van der Waals surface area contributed by atoms with Gasteiger partial charge in [0, 0.05) is 10.0 Å². The van der Waals surface area contributed by atoms with Gasteiger partial charge in [0.2, 0.25) is 0 Å². The van der Waals surface area contributed by atoms with Gasteiger partial charge in [0.15, 0.2) is 11.5 Å². The standard InChI is InChI=1S/C15H10BrFN4O/c16-10-5-3-4-9(8-10)13-14(15(22)21-19-13)20-18-12-7-2-1-6-11(12)17/h1-8H,(H2,19,21,22). The number of rotatable bonds is 3. The van der Waals surface area contributed by atoms with Crippen molar-refractivity contribution in [1.82, 2.24) is 10.2 Å². The maximum atomic E-state index is 13.5. The lowest BCUT2D eigenvalue weighted by molar-refractivity contribution is 0.628. The molecule has 2 aromatic carbocycles. The second-order valence-electron chi connectivity index (χ2n) is 4.46. The minimum absolute atomic E-state index is 0.0725. The molecule has 3 aromatic rings. The van der Waals surface area contributed by atoms with Crippen LogP contribution in [-0.4, -0.2) is 10.2 Å². The number of hydrogen-bond acceptors (Lipinski definition) is 3. The van der Waals surface area contributed by atoms with Crippen LogP contribution in [0.3, 0.4) is 0 Å². The molecule has 0 saturated heterocycles. The van der Waals surface area contributed by atoms with Gasteiger partial charge in [0.25, 0.3) is 5.56 Å². The fourth-order valence-electron chi connectivity index (χ4n) is 1.94. The van der Waals surface area contributed by atoms with E-state index in [0.717, 1.165) is 10.0 Å². The van der Waals surface area contributed by atoms with Gasteiger partial charge < -0.3 is 0 Å². The molecule has 0 unspecified atom stereocenters. The largest absolute Gasteiger partial charge is 0.295 e. The Morgan fingerprint density at radius 2 is 1.82 bits per heavy atom. The van der Waals surface area contributed by atoms with Crippen LogP contribution < -0.4 is 5.56 Å². The summed E-state index contributed by atoms with van der Waals surface area (Å²) in [7, 11) is 0. The minimum atomic E-state index is -0.498. The van der Waals surface area contributed by atoms with Crippen molar-refractivity contribution < 1.29 is 4.39 Å². The summed E-state index contributed by atoms with van der Waals surface area (Å²) in [6.45, 7) is 0. The smallest absolute Gasteiger partial charge is 0.292 e. The molecule has 7 heteroatoms. The second kappa shape index (κ2) is 6.07. The highest BCUT2D eigenvalue weighted by Crippen LogP contribution is 2.28. The zero-order chi connectivity index (χ0) is 15.5. The van der Waals surface area contributed by atoms with Crippen LogP contribution in [-0.2, 0) is 0 Å². The Bertz CT molecular complexity index is 900. The lowest BCUT2D eigenvalue weighted by Gasteiger charge is -1.99. The van der Waals surface area contributed by atoms with Crippen LogP contribution in [0.1, 0.15) is 0 Å². The van der Waals surface area contributed by atoms with E-state index in [2.05, 4.69) is 36.4 Å². The molecular weight excluding hydrogens is 351 g/mol. The van der Waals surface area contributed by atoms with Crippen molar-refractivity contribution in [1.29, 1.82) is 0 Å². The van der Waals surface area contributed by atoms with Crippen LogP contribution in [0.2, 0.25) is 0 Å². The average molecular weight is 361 g/mol. The summed E-state index contributed by atoms with van der Waals surface area (Å²) < 4.78 is 14.4. The third kappa shape index (κ3) is 2.89. The first-order chi connectivity index (χ1) is 10.6. The average Bonchev–Trinajstić information content (AvgIpc) is 2.87. The van der Waals surface area contributed by atoms with E-state index in [4.69, 9.17) is 0 Å². The molecular formula is C15H10BrFN4O. The van der Waals surface area contributed by atoms with Gasteiger partial charge in [-0.15, -0.1) is 10.2 Å². The Labute approximate surface area is 133 Å². The van der Waals surface area contributed by atoms with Crippen LogP contribution >= 0.6 is 15.9 Å². The molecule has 0 amide bonds. The summed E-state index contributed by atoms with van der Waals surface area (Å²) in [5.74, 6) is -0.498. The van der Waals surface area contributed by atoms with Gasteiger partial charge in [-0.25, -0.2) is 4.39 Å². The van der Waals surface area contributed by atoms with Gasteiger partial charge >= 0.3 is 0 Å². The molecule has 0 aliphatic carbocycles. The number of aromatic nitrogens is 2. The van der Waals surface area contributed by atoms with Gasteiger partial charge in [-0.1, -0.05) is 40.2 Å². The van der Waals surface area contributed by atoms with E-state index in [9.17, 15) is 9.18 Å². The zero-order valence-corrected chi connectivity index (χ0v) is 12.8. The molecule has 0 saturated carbocycles. The molecule has 1 aromatic heterocycles. The van der Waals surface area contributed by atoms with Crippen LogP contribution in [0.15, 0.2) is 68.0 Å². The second-order valence-corrected chi connectivity index (χ2v) is 5.38. The van der Waals surface area contributed by atoms with Crippen molar-refractivity contribution >= 4 is 27.3 Å². The molecule has 0 fully saturated rings. The Kier molecular flexibility index (Phi) is 3.97. The lowest BCUT2D eigenvalue weighted by atomic mass is 10.1. The maximum absolute atomic E-state index is 13.5. The van der Waals surface area contributed by atoms with Crippen LogP contribution in [0.25, 0.3) is 11.3 Å². The highest BCUT2D eigenvalue weighted by atomic mass is 79.9. The number of aromatic amines is 2. The van der Waals surface area contributed by atoms with Gasteiger partial charge in [-0.2, -0.15) is 0 Å². The maximum Gasteiger partial charge on any atom is 0.292 e. The Hall–Kier alpha value is -2.54. The summed E-state index contributed by atoms with van der Waals surface area (Å²) in [5.41, 5.74) is 1.00. The predicted octanol–water partition coefficient (Wildman–Crippen LogP) is 4.69. The normalized spacial score (nSPS) is 11.2. The summed E-state index contributed by atoms with van der Waals surface area (Å²) >= 11 is 3.37. The fraction of sp³-hybridized carbons (Fsp3) is 0. The molecule has 0 atom stereocenters. The molecule has 0 radical (unpaired) electrons. The molecule has 1 heterocycles. The van der Waals surface area contributed by atoms with E-state index in [1.165, 1.54) is 12.1 Å². The molecule has 0 aliphatic heterocycles. The minimum Gasteiger partial charge on any atom is -0.295 e. The molecule has 110 valence electrons. The Morgan fingerprint density at radius 3 is 2.59 bits per heavy atom. The lowest BCUT2D eigenvalue weighted by Crippen LogP contribution is -1.96. The van der Waals surface area contributed by atoms with Crippen molar-refractivity contribution in [3.8, 4) is 11.3 Å². The summed E-state index contributed by atoms with van der Waals surface area (Å²) in [6.07, 6.45) is 0. The van der Waals surface area contributed by atoms with E-state index < -0.39 is 11.4 Å². The Balaban J connectivity index is 2.04. The number of azo groups is 1. The van der Waals surface area contributed by atoms with Gasteiger partial charge in [0.1, 0.15) is 5.69 Å². The van der Waals surface area contributed by atoms with E-state index in [0.29, 0.717) is 5.69 Å². The topological polar surface area (TPSA) is 73.4 Å². The molecule has 0 spiro atoms. The molecule has 2 N–H and O–H groups in total. The number of benzene rings is 2. The van der Waals surface area contributed by atoms with Crippen molar-refractivity contribution in [3.63, 3.8) is 0 Å². The fourth-order valence-corrected chi connectivity index (χ4v) is 2.34. The van der Waals surface area contributed by atoms with E-state index in [1.807, 2.05) is 24.3 Å². The third-order valence-electron chi connectivity index (χ3n) is 2.98. The Morgan fingerprint density at radius 1 is 1.00 bits per heavy atom. The quantitative estimate of drug-likeness (QED) is 0.653. The number of nitrogens with zero attached hydrogens (tertiary/aromatic N) is 2. The number of nitrogens with one attached hydrogen (secondary N) is 2. The first-order valence-corrected chi connectivity index (χ1v) is 7.17. The molecule has 3 rings (SSSR count). The predicted molar refractivity (Wildman–Crippen MR) is 85.1 cm³/mol. The van der Waals surface area contributed by atoms with E-state index in [1.54, 1.807) is 12.1 Å². The molecule has 22 heavy (non-hydrogen) atoms. The molecule has 5 nitrogen and oxygen atoms in total. The third-order valence-corrected chi connectivity index (χ3v) is 3.47. The summed E-state index contributed by atoms with van der Waals surface area (Å²) in [5, 5.41) is 12.9. The van der Waals surface area contributed by atoms with Crippen molar-refractivity contribution in [2.24, 2.45) is 10.2 Å². The molecule has 0 bridgehead atoms. The SMILES string of the molecule is O=c1[nH][nH]c(-c2cccc(Br)c2)c1N=Nc1ccccc1F. The van der Waals surface area contributed by atoms with Gasteiger partial charge in [0.05, 0.1) is 5.69 Å². The number of H-pyrrole nitrogens is 2. The first-order valence-electron chi connectivity index (χ1n) is 6.38. The number of halogens is 2. The summed E-state index contributed by atoms with van der Waals surface area (Å²) in [6, 6.07) is 13.3. The first kappa shape index (κ1) is 14.4. The van der Waals surface area contributed by atoms with Crippen LogP contribution in [0.4, 0.5) is 15.8 Å². The van der Waals surface area contributed by atoms with Crippen molar-refractivity contribution in [3.05, 3.63) is 69.2 Å². The van der Waals surface area contributed by atoms with Gasteiger partial charge in [-0.3, -0.25) is 15.0 Å². The molecule has 0 aliphatic rings. The summed E-state index contributed by atoms with van der Waals surface area (Å²) in [4.78, 5) is 11.9. The monoisotopic (exact) mass is 360 g/mol. The van der Waals surface area contributed by atoms with E-state index in [-0.39, 0.29) is 11.4 Å². The van der Waals surface area contributed by atoms with E-state index >= 15 is 0 Å². The van der Waals surface area contributed by atoms with Crippen molar-refractivity contribution in [2.45, 2.75) is 0 Å². The van der Waals surface area contributed by atoms with Crippen LogP contribution in [0.5, 0.6) is 0 Å². The highest BCUT2D eigenvalue weighted by molar-refractivity contribution is 9.10. The van der Waals surface area contributed by atoms with Gasteiger partial charge in [-0.05, 0) is 24.3 Å².